The molecule has 152 valence electrons. The molecule has 0 aliphatic rings. The highest BCUT2D eigenvalue weighted by Crippen LogP contribution is 2.28. The third-order valence-electron chi connectivity index (χ3n) is 4.48. The molecule has 0 aliphatic heterocycles. The van der Waals surface area contributed by atoms with Crippen LogP contribution < -0.4 is 21.9 Å². The fourth-order valence-electron chi connectivity index (χ4n) is 3.02. The van der Waals surface area contributed by atoms with Gasteiger partial charge < -0.3 is 5.32 Å². The Labute approximate surface area is 172 Å². The number of carbonyl (C=O) groups is 2. The van der Waals surface area contributed by atoms with Gasteiger partial charge in [-0.1, -0.05) is 11.3 Å². The van der Waals surface area contributed by atoms with E-state index < -0.39 is 17.2 Å². The van der Waals surface area contributed by atoms with Crippen molar-refractivity contribution in [3.63, 3.8) is 0 Å². The number of amides is 2. The van der Waals surface area contributed by atoms with E-state index in [1.54, 1.807) is 18.2 Å². The highest BCUT2D eigenvalue weighted by atomic mass is 32.1. The molecular weight excluding hydrogens is 408 g/mol. The molecule has 0 saturated carbocycles. The molecule has 2 amide bonds. The van der Waals surface area contributed by atoms with Gasteiger partial charge in [0.1, 0.15) is 5.65 Å². The lowest BCUT2D eigenvalue weighted by Crippen LogP contribution is -2.37. The van der Waals surface area contributed by atoms with E-state index in [9.17, 15) is 19.2 Å². The number of hydrogen-bond donors (Lipinski definition) is 2. The Bertz CT molecular complexity index is 1470. The van der Waals surface area contributed by atoms with Crippen LogP contribution in [0.25, 0.3) is 21.3 Å². The summed E-state index contributed by atoms with van der Waals surface area (Å²) >= 11 is 1.25. The quantitative estimate of drug-likeness (QED) is 0.512. The number of hydrogen-bond acceptors (Lipinski definition) is 7. The van der Waals surface area contributed by atoms with Gasteiger partial charge in [0, 0.05) is 32.9 Å². The SMILES string of the molecule is CC(=O)Nc1ccc2nc(NC(=O)c3cnc4c(c3)c(=O)n(C)c(=O)n4C)sc2c1. The van der Waals surface area contributed by atoms with Gasteiger partial charge in [-0.15, -0.1) is 0 Å². The standard InChI is InChI=1S/C19H16N6O4S/c1-9(26)21-11-4-5-13-14(7-11)30-18(22-13)23-16(27)10-6-12-15(20-8-10)24(2)19(29)25(3)17(12)28/h4-8H,1-3H3,(H,21,26)(H,22,23,27). The summed E-state index contributed by atoms with van der Waals surface area (Å²) in [6.07, 6.45) is 1.30. The zero-order valence-electron chi connectivity index (χ0n) is 16.2. The average Bonchev–Trinajstić information content (AvgIpc) is 3.11. The first-order valence-corrected chi connectivity index (χ1v) is 9.61. The minimum atomic E-state index is -0.527. The van der Waals surface area contributed by atoms with Crippen molar-refractivity contribution in [3.05, 3.63) is 56.9 Å². The number of aromatic nitrogens is 4. The summed E-state index contributed by atoms with van der Waals surface area (Å²) in [6, 6.07) is 6.64. The van der Waals surface area contributed by atoms with Gasteiger partial charge in [0.15, 0.2) is 5.13 Å². The molecule has 30 heavy (non-hydrogen) atoms. The molecule has 0 radical (unpaired) electrons. The number of rotatable bonds is 3. The Morgan fingerprint density at radius 1 is 1.07 bits per heavy atom. The van der Waals surface area contributed by atoms with Gasteiger partial charge in [0.2, 0.25) is 5.91 Å². The van der Waals surface area contributed by atoms with Crippen molar-refractivity contribution >= 4 is 55.2 Å². The Kier molecular flexibility index (Phi) is 4.66. The van der Waals surface area contributed by atoms with Crippen molar-refractivity contribution in [3.8, 4) is 0 Å². The highest BCUT2D eigenvalue weighted by molar-refractivity contribution is 7.22. The van der Waals surface area contributed by atoms with Crippen LogP contribution in [0.5, 0.6) is 0 Å². The largest absolute Gasteiger partial charge is 0.332 e. The monoisotopic (exact) mass is 424 g/mol. The summed E-state index contributed by atoms with van der Waals surface area (Å²) in [6.45, 7) is 1.42. The fraction of sp³-hybridized carbons (Fsp3) is 0.158. The highest BCUT2D eigenvalue weighted by Gasteiger charge is 2.15. The number of thiazole rings is 1. The van der Waals surface area contributed by atoms with E-state index in [-0.39, 0.29) is 22.5 Å². The molecule has 4 rings (SSSR count). The second-order valence-corrected chi connectivity index (χ2v) is 7.67. The summed E-state index contributed by atoms with van der Waals surface area (Å²) in [4.78, 5) is 56.8. The van der Waals surface area contributed by atoms with Crippen molar-refractivity contribution in [2.75, 3.05) is 10.6 Å². The number of carbonyl (C=O) groups excluding carboxylic acids is 2. The minimum absolute atomic E-state index is 0.163. The maximum atomic E-state index is 12.7. The molecule has 10 nitrogen and oxygen atoms in total. The van der Waals surface area contributed by atoms with E-state index in [1.807, 2.05) is 0 Å². The molecule has 0 fully saturated rings. The van der Waals surface area contributed by atoms with Crippen LogP contribution in [0.3, 0.4) is 0 Å². The van der Waals surface area contributed by atoms with E-state index in [0.29, 0.717) is 16.3 Å². The Hall–Kier alpha value is -3.86. The molecule has 0 spiro atoms. The number of pyridine rings is 1. The molecule has 11 heteroatoms. The smallest absolute Gasteiger partial charge is 0.326 e. The Morgan fingerprint density at radius 2 is 1.83 bits per heavy atom. The third-order valence-corrected chi connectivity index (χ3v) is 5.42. The molecule has 0 saturated heterocycles. The first-order chi connectivity index (χ1) is 14.2. The van der Waals surface area contributed by atoms with E-state index in [1.165, 1.54) is 49.2 Å². The maximum absolute atomic E-state index is 12.7. The van der Waals surface area contributed by atoms with E-state index in [0.717, 1.165) is 9.27 Å². The Balaban J connectivity index is 1.67. The lowest BCUT2D eigenvalue weighted by molar-refractivity contribution is -0.114. The molecule has 3 aromatic heterocycles. The molecule has 2 N–H and O–H groups in total. The maximum Gasteiger partial charge on any atom is 0.332 e. The minimum Gasteiger partial charge on any atom is -0.326 e. The van der Waals surface area contributed by atoms with Crippen molar-refractivity contribution in [2.24, 2.45) is 14.1 Å². The lowest BCUT2D eigenvalue weighted by Gasteiger charge is -2.07. The van der Waals surface area contributed by atoms with Crippen LogP contribution in [-0.2, 0) is 18.9 Å². The molecular formula is C19H16N6O4S. The van der Waals surface area contributed by atoms with Crippen LogP contribution in [-0.4, -0.2) is 30.9 Å². The van der Waals surface area contributed by atoms with Gasteiger partial charge in [-0.3, -0.25) is 28.8 Å². The van der Waals surface area contributed by atoms with Gasteiger partial charge in [0.05, 0.1) is 21.2 Å². The van der Waals surface area contributed by atoms with Gasteiger partial charge in [-0.25, -0.2) is 14.8 Å². The van der Waals surface area contributed by atoms with Crippen LogP contribution in [0.15, 0.2) is 40.1 Å². The number of aryl methyl sites for hydroxylation is 1. The first kappa shape index (κ1) is 19.5. The zero-order valence-corrected chi connectivity index (χ0v) is 17.0. The van der Waals surface area contributed by atoms with Crippen molar-refractivity contribution < 1.29 is 9.59 Å². The van der Waals surface area contributed by atoms with Crippen LogP contribution in [0.4, 0.5) is 10.8 Å². The fourth-order valence-corrected chi connectivity index (χ4v) is 3.92. The predicted octanol–water partition coefficient (Wildman–Crippen LogP) is 1.45. The van der Waals surface area contributed by atoms with Crippen LogP contribution in [0.2, 0.25) is 0 Å². The summed E-state index contributed by atoms with van der Waals surface area (Å²) in [7, 11) is 2.88. The molecule has 1 aromatic carbocycles. The van der Waals surface area contributed by atoms with Crippen LogP contribution in [0.1, 0.15) is 17.3 Å². The number of nitrogens with one attached hydrogen (secondary N) is 2. The summed E-state index contributed by atoms with van der Waals surface area (Å²) in [5.74, 6) is -0.665. The number of benzene rings is 1. The third kappa shape index (κ3) is 3.35. The molecule has 0 atom stereocenters. The van der Waals surface area contributed by atoms with Gasteiger partial charge >= 0.3 is 5.69 Å². The molecule has 0 bridgehead atoms. The summed E-state index contributed by atoms with van der Waals surface area (Å²) in [5.41, 5.74) is 0.647. The Morgan fingerprint density at radius 3 is 2.57 bits per heavy atom. The molecule has 0 unspecified atom stereocenters. The molecule has 0 aliphatic carbocycles. The van der Waals surface area contributed by atoms with Crippen molar-refractivity contribution in [1.29, 1.82) is 0 Å². The van der Waals surface area contributed by atoms with Crippen molar-refractivity contribution in [1.82, 2.24) is 19.1 Å². The zero-order chi connectivity index (χ0) is 21.6. The second-order valence-electron chi connectivity index (χ2n) is 6.64. The number of nitrogens with zero attached hydrogens (tertiary/aromatic N) is 4. The van der Waals surface area contributed by atoms with Gasteiger partial charge in [-0.05, 0) is 24.3 Å². The van der Waals surface area contributed by atoms with Gasteiger partial charge in [-0.2, -0.15) is 0 Å². The van der Waals surface area contributed by atoms with E-state index in [2.05, 4.69) is 20.6 Å². The second kappa shape index (κ2) is 7.19. The van der Waals surface area contributed by atoms with E-state index in [4.69, 9.17) is 0 Å². The summed E-state index contributed by atoms with van der Waals surface area (Å²) < 4.78 is 3.00. The topological polar surface area (TPSA) is 128 Å². The van der Waals surface area contributed by atoms with Crippen LogP contribution >= 0.6 is 11.3 Å². The normalized spacial score (nSPS) is 11.0. The van der Waals surface area contributed by atoms with Gasteiger partial charge in [0.25, 0.3) is 11.5 Å². The summed E-state index contributed by atoms with van der Waals surface area (Å²) in [5, 5.41) is 5.92. The van der Waals surface area contributed by atoms with Crippen LogP contribution in [0, 0.1) is 0 Å². The van der Waals surface area contributed by atoms with Crippen molar-refractivity contribution in [2.45, 2.75) is 6.92 Å². The molecule has 3 heterocycles. The predicted molar refractivity (Wildman–Crippen MR) is 114 cm³/mol. The molecule has 4 aromatic rings. The first-order valence-electron chi connectivity index (χ1n) is 8.80. The van der Waals surface area contributed by atoms with E-state index >= 15 is 0 Å². The number of anilines is 2. The average molecular weight is 424 g/mol. The number of fused-ring (bicyclic) bond motifs is 2. The lowest BCUT2D eigenvalue weighted by atomic mass is 10.2.